The third-order valence-corrected chi connectivity index (χ3v) is 6.30. The predicted molar refractivity (Wildman–Crippen MR) is 137 cm³/mol. The molecular formula is C27H32FN7. The van der Waals surface area contributed by atoms with Gasteiger partial charge in [0.15, 0.2) is 0 Å². The summed E-state index contributed by atoms with van der Waals surface area (Å²) in [6, 6.07) is 13.1. The maximum Gasteiger partial charge on any atom is 0.137 e. The summed E-state index contributed by atoms with van der Waals surface area (Å²) >= 11 is 0. The lowest BCUT2D eigenvalue weighted by Gasteiger charge is -2.32. The van der Waals surface area contributed by atoms with Gasteiger partial charge in [-0.25, -0.2) is 19.0 Å². The van der Waals surface area contributed by atoms with Crippen molar-refractivity contribution in [1.82, 2.24) is 25.0 Å². The minimum atomic E-state index is -0.255. The van der Waals surface area contributed by atoms with E-state index in [1.54, 1.807) is 6.33 Å². The first kappa shape index (κ1) is 23.2. The first-order valence-electron chi connectivity index (χ1n) is 12.2. The van der Waals surface area contributed by atoms with Gasteiger partial charge in [-0.05, 0) is 61.1 Å². The second-order valence-corrected chi connectivity index (χ2v) is 10.4. The fraction of sp³-hybridized carbons (Fsp3) is 0.407. The largest absolute Gasteiger partial charge is 0.369 e. The van der Waals surface area contributed by atoms with Crippen LogP contribution in [0.15, 0.2) is 55.0 Å². The number of hydrogen-bond donors (Lipinski definition) is 1. The van der Waals surface area contributed by atoms with Crippen molar-refractivity contribution in [3.05, 3.63) is 72.1 Å². The lowest BCUT2D eigenvalue weighted by molar-refractivity contribution is 0.442. The molecule has 1 aliphatic carbocycles. The SMILES string of the molecule is CCN(c1ccc2ncnc(NCC(C)(C)C)c2c1)C(c1ccc(F)cc1)c1cn(C2CC2)nn1. The van der Waals surface area contributed by atoms with E-state index in [4.69, 9.17) is 0 Å². The van der Waals surface area contributed by atoms with Crippen LogP contribution in [0.5, 0.6) is 0 Å². The molecule has 1 unspecified atom stereocenters. The average molecular weight is 474 g/mol. The Bertz CT molecular complexity index is 1310. The Kier molecular flexibility index (Phi) is 6.13. The molecule has 1 atom stereocenters. The van der Waals surface area contributed by atoms with Gasteiger partial charge in [-0.15, -0.1) is 5.10 Å². The van der Waals surface area contributed by atoms with Gasteiger partial charge in [0.25, 0.3) is 0 Å². The first-order chi connectivity index (χ1) is 16.8. The van der Waals surface area contributed by atoms with Crippen LogP contribution in [0, 0.1) is 11.2 Å². The van der Waals surface area contributed by atoms with Gasteiger partial charge in [0.1, 0.15) is 29.7 Å². The fourth-order valence-corrected chi connectivity index (χ4v) is 4.32. The summed E-state index contributed by atoms with van der Waals surface area (Å²) in [6.07, 6.45) is 5.91. The molecule has 7 nitrogen and oxygen atoms in total. The van der Waals surface area contributed by atoms with E-state index < -0.39 is 0 Å². The van der Waals surface area contributed by atoms with E-state index in [-0.39, 0.29) is 17.3 Å². The second kappa shape index (κ2) is 9.24. The monoisotopic (exact) mass is 473 g/mol. The van der Waals surface area contributed by atoms with Gasteiger partial charge in [0, 0.05) is 24.2 Å². The minimum Gasteiger partial charge on any atom is -0.369 e. The van der Waals surface area contributed by atoms with Crippen LogP contribution in [-0.2, 0) is 0 Å². The van der Waals surface area contributed by atoms with Crippen molar-refractivity contribution in [1.29, 1.82) is 0 Å². The third-order valence-electron chi connectivity index (χ3n) is 6.30. The van der Waals surface area contributed by atoms with Gasteiger partial charge >= 0.3 is 0 Å². The topological polar surface area (TPSA) is 71.8 Å². The van der Waals surface area contributed by atoms with Crippen LogP contribution in [0.1, 0.15) is 63.9 Å². The van der Waals surface area contributed by atoms with Gasteiger partial charge in [0.05, 0.1) is 17.8 Å². The van der Waals surface area contributed by atoms with Crippen molar-refractivity contribution in [3.8, 4) is 0 Å². The highest BCUT2D eigenvalue weighted by molar-refractivity contribution is 5.91. The zero-order chi connectivity index (χ0) is 24.6. The van der Waals surface area contributed by atoms with Crippen LogP contribution >= 0.6 is 0 Å². The van der Waals surface area contributed by atoms with Crippen LogP contribution in [-0.4, -0.2) is 38.1 Å². The lowest BCUT2D eigenvalue weighted by atomic mass is 9.97. The second-order valence-electron chi connectivity index (χ2n) is 10.4. The van der Waals surface area contributed by atoms with Crippen LogP contribution in [0.3, 0.4) is 0 Å². The molecule has 2 aromatic carbocycles. The summed E-state index contributed by atoms with van der Waals surface area (Å²) in [5.41, 5.74) is 3.83. The van der Waals surface area contributed by atoms with Gasteiger partial charge in [-0.3, -0.25) is 0 Å². The van der Waals surface area contributed by atoms with Crippen LogP contribution in [0.2, 0.25) is 0 Å². The van der Waals surface area contributed by atoms with Crippen LogP contribution in [0.4, 0.5) is 15.9 Å². The molecule has 2 aromatic heterocycles. The number of hydrogen-bond acceptors (Lipinski definition) is 6. The molecule has 0 radical (unpaired) electrons. The van der Waals surface area contributed by atoms with E-state index in [0.29, 0.717) is 6.04 Å². The first-order valence-corrected chi connectivity index (χ1v) is 12.2. The number of halogens is 1. The molecule has 0 aliphatic heterocycles. The minimum absolute atomic E-state index is 0.116. The number of fused-ring (bicyclic) bond motifs is 1. The summed E-state index contributed by atoms with van der Waals surface area (Å²) in [6.45, 7) is 10.2. The van der Waals surface area contributed by atoms with E-state index in [2.05, 4.69) is 70.3 Å². The molecule has 1 saturated carbocycles. The molecular weight excluding hydrogens is 441 g/mol. The Balaban J connectivity index is 1.57. The molecule has 2 heterocycles. The number of rotatable bonds is 8. The quantitative estimate of drug-likeness (QED) is 0.350. The number of nitrogens with one attached hydrogen (secondary N) is 1. The summed E-state index contributed by atoms with van der Waals surface area (Å²) in [4.78, 5) is 11.3. The molecule has 0 saturated heterocycles. The van der Waals surface area contributed by atoms with E-state index in [0.717, 1.165) is 59.6 Å². The molecule has 8 heteroatoms. The van der Waals surface area contributed by atoms with Crippen molar-refractivity contribution in [3.63, 3.8) is 0 Å². The van der Waals surface area contributed by atoms with E-state index >= 15 is 0 Å². The molecule has 0 spiro atoms. The van der Waals surface area contributed by atoms with Crippen molar-refractivity contribution >= 4 is 22.4 Å². The zero-order valence-corrected chi connectivity index (χ0v) is 20.7. The van der Waals surface area contributed by atoms with Crippen LogP contribution in [0.25, 0.3) is 10.9 Å². The van der Waals surface area contributed by atoms with Crippen molar-refractivity contribution in [2.75, 3.05) is 23.3 Å². The van der Waals surface area contributed by atoms with E-state index in [9.17, 15) is 4.39 Å². The highest BCUT2D eigenvalue weighted by Gasteiger charge is 2.29. The van der Waals surface area contributed by atoms with Gasteiger partial charge in [-0.2, -0.15) is 0 Å². The average Bonchev–Trinajstić information content (AvgIpc) is 3.58. The zero-order valence-electron chi connectivity index (χ0n) is 20.7. The van der Waals surface area contributed by atoms with Gasteiger partial charge in [-0.1, -0.05) is 38.1 Å². The maximum atomic E-state index is 13.8. The highest BCUT2D eigenvalue weighted by Crippen LogP contribution is 2.37. The number of anilines is 2. The molecule has 1 aliphatic rings. The Morgan fingerprint density at radius 2 is 1.89 bits per heavy atom. The van der Waals surface area contributed by atoms with E-state index in [1.165, 1.54) is 12.1 Å². The Labute approximate surface area is 205 Å². The smallest absolute Gasteiger partial charge is 0.137 e. The normalized spacial score (nSPS) is 14.8. The number of benzene rings is 2. The summed E-state index contributed by atoms with van der Waals surface area (Å²) < 4.78 is 15.7. The van der Waals surface area contributed by atoms with Crippen molar-refractivity contribution < 1.29 is 4.39 Å². The van der Waals surface area contributed by atoms with Gasteiger partial charge < -0.3 is 10.2 Å². The molecule has 0 amide bonds. The predicted octanol–water partition coefficient (Wildman–Crippen LogP) is 5.77. The van der Waals surface area contributed by atoms with Gasteiger partial charge in [0.2, 0.25) is 0 Å². The molecule has 182 valence electrons. The molecule has 5 rings (SSSR count). The van der Waals surface area contributed by atoms with Crippen LogP contribution < -0.4 is 10.2 Å². The fourth-order valence-electron chi connectivity index (χ4n) is 4.32. The Morgan fingerprint density at radius 3 is 2.57 bits per heavy atom. The molecule has 0 bridgehead atoms. The molecule has 4 aromatic rings. The summed E-state index contributed by atoms with van der Waals surface area (Å²) in [7, 11) is 0. The molecule has 1 fully saturated rings. The number of aromatic nitrogens is 5. The summed E-state index contributed by atoms with van der Waals surface area (Å²) in [5.74, 6) is 0.565. The van der Waals surface area contributed by atoms with Crippen molar-refractivity contribution in [2.24, 2.45) is 5.41 Å². The Morgan fingerprint density at radius 1 is 1.11 bits per heavy atom. The highest BCUT2D eigenvalue weighted by atomic mass is 19.1. The number of nitrogens with zero attached hydrogens (tertiary/aromatic N) is 6. The van der Waals surface area contributed by atoms with Crippen molar-refractivity contribution in [2.45, 2.75) is 52.6 Å². The lowest BCUT2D eigenvalue weighted by Crippen LogP contribution is -2.29. The Hall–Kier alpha value is -3.55. The molecule has 1 N–H and O–H groups in total. The standard InChI is InChI=1S/C27H32FN7/c1-5-34(21-12-13-23-22(14-21)26(31-17-30-23)29-16-27(2,3)4)25(18-6-8-19(28)9-7-18)24-15-35(33-32-24)20-10-11-20/h6-9,12-15,17,20,25H,5,10-11,16H2,1-4H3,(H,29,30,31). The third kappa shape index (κ3) is 5.11. The molecule has 35 heavy (non-hydrogen) atoms. The van der Waals surface area contributed by atoms with E-state index in [1.807, 2.05) is 29.1 Å². The summed E-state index contributed by atoms with van der Waals surface area (Å²) in [5, 5.41) is 13.4. The maximum absolute atomic E-state index is 13.8.